The first-order valence-electron chi connectivity index (χ1n) is 9.74. The molecule has 1 atom stereocenters. The van der Waals surface area contributed by atoms with Crippen molar-refractivity contribution in [3.05, 3.63) is 60.2 Å². The van der Waals surface area contributed by atoms with Crippen LogP contribution in [-0.4, -0.2) is 50.6 Å². The largest absolute Gasteiger partial charge is 0.311 e. The molecule has 0 aliphatic carbocycles. The summed E-state index contributed by atoms with van der Waals surface area (Å²) in [5.74, 6) is 1.66. The average Bonchev–Trinajstić information content (AvgIpc) is 3.47. The Morgan fingerprint density at radius 1 is 1.14 bits per heavy atom. The van der Waals surface area contributed by atoms with Gasteiger partial charge in [-0.15, -0.1) is 0 Å². The van der Waals surface area contributed by atoms with Crippen molar-refractivity contribution < 1.29 is 4.79 Å². The SMILES string of the molecule is O=C(CN1CCC[C@@H]1c1nc(-c2ccncc2)n[nH]1)N1CCc2ccccc21. The Morgan fingerprint density at radius 2 is 2.00 bits per heavy atom. The lowest BCUT2D eigenvalue weighted by atomic mass is 10.2. The van der Waals surface area contributed by atoms with Crippen LogP contribution in [0.2, 0.25) is 0 Å². The first-order chi connectivity index (χ1) is 13.8. The van der Waals surface area contributed by atoms with Crippen molar-refractivity contribution in [3.8, 4) is 11.4 Å². The molecule has 7 nitrogen and oxygen atoms in total. The van der Waals surface area contributed by atoms with E-state index in [1.807, 2.05) is 35.2 Å². The van der Waals surface area contributed by atoms with Crippen LogP contribution in [-0.2, 0) is 11.2 Å². The third kappa shape index (κ3) is 3.07. The minimum absolute atomic E-state index is 0.102. The quantitative estimate of drug-likeness (QED) is 0.759. The summed E-state index contributed by atoms with van der Waals surface area (Å²) in [5.41, 5.74) is 3.25. The second-order valence-corrected chi connectivity index (χ2v) is 7.33. The van der Waals surface area contributed by atoms with Crippen LogP contribution in [0.3, 0.4) is 0 Å². The van der Waals surface area contributed by atoms with Crippen LogP contribution in [0.1, 0.15) is 30.3 Å². The summed E-state index contributed by atoms with van der Waals surface area (Å²) in [5, 5.41) is 7.45. The highest BCUT2D eigenvalue weighted by Crippen LogP contribution is 2.32. The van der Waals surface area contributed by atoms with E-state index in [0.717, 1.165) is 49.4 Å². The van der Waals surface area contributed by atoms with Crippen molar-refractivity contribution >= 4 is 11.6 Å². The Labute approximate surface area is 163 Å². The molecule has 1 N–H and O–H groups in total. The highest BCUT2D eigenvalue weighted by Gasteiger charge is 2.33. The molecule has 1 aromatic carbocycles. The van der Waals surface area contributed by atoms with Crippen LogP contribution in [0, 0.1) is 0 Å². The van der Waals surface area contributed by atoms with Gasteiger partial charge in [-0.3, -0.25) is 19.8 Å². The number of aromatic nitrogens is 4. The summed E-state index contributed by atoms with van der Waals surface area (Å²) >= 11 is 0. The minimum atomic E-state index is 0.102. The van der Waals surface area contributed by atoms with E-state index < -0.39 is 0 Å². The molecule has 28 heavy (non-hydrogen) atoms. The van der Waals surface area contributed by atoms with Gasteiger partial charge < -0.3 is 4.90 Å². The van der Waals surface area contributed by atoms with E-state index in [0.29, 0.717) is 12.4 Å². The lowest BCUT2D eigenvalue weighted by molar-refractivity contribution is -0.119. The molecule has 0 bridgehead atoms. The predicted molar refractivity (Wildman–Crippen MR) is 106 cm³/mol. The van der Waals surface area contributed by atoms with Crippen molar-refractivity contribution in [2.45, 2.75) is 25.3 Å². The monoisotopic (exact) mass is 374 g/mol. The number of hydrogen-bond acceptors (Lipinski definition) is 5. The van der Waals surface area contributed by atoms with E-state index >= 15 is 0 Å². The smallest absolute Gasteiger partial charge is 0.241 e. The van der Waals surface area contributed by atoms with Crippen LogP contribution in [0.5, 0.6) is 0 Å². The molecule has 5 rings (SSSR count). The van der Waals surface area contributed by atoms with Crippen LogP contribution >= 0.6 is 0 Å². The molecule has 1 amide bonds. The summed E-state index contributed by atoms with van der Waals surface area (Å²) in [6, 6.07) is 12.1. The Hall–Kier alpha value is -3.06. The van der Waals surface area contributed by atoms with Gasteiger partial charge in [0.1, 0.15) is 5.82 Å². The van der Waals surface area contributed by atoms with Gasteiger partial charge in [-0.1, -0.05) is 18.2 Å². The van der Waals surface area contributed by atoms with Crippen LogP contribution in [0.25, 0.3) is 11.4 Å². The normalized spacial score (nSPS) is 19.1. The van der Waals surface area contributed by atoms with Crippen molar-refractivity contribution in [2.24, 2.45) is 0 Å². The fourth-order valence-electron chi connectivity index (χ4n) is 4.23. The van der Waals surface area contributed by atoms with Gasteiger partial charge >= 0.3 is 0 Å². The molecular weight excluding hydrogens is 352 g/mol. The van der Waals surface area contributed by atoms with Gasteiger partial charge in [0.05, 0.1) is 12.6 Å². The summed E-state index contributed by atoms with van der Waals surface area (Å²) in [4.78, 5) is 25.9. The van der Waals surface area contributed by atoms with E-state index in [1.54, 1.807) is 12.4 Å². The molecular formula is C21H22N6O. The van der Waals surface area contributed by atoms with Crippen molar-refractivity contribution in [2.75, 3.05) is 24.5 Å². The summed E-state index contributed by atoms with van der Waals surface area (Å²) in [7, 11) is 0. The molecule has 0 saturated carbocycles. The number of nitrogens with one attached hydrogen (secondary N) is 1. The lowest BCUT2D eigenvalue weighted by Crippen LogP contribution is -2.39. The van der Waals surface area contributed by atoms with Gasteiger partial charge in [0.2, 0.25) is 5.91 Å². The molecule has 2 aromatic heterocycles. The van der Waals surface area contributed by atoms with Crippen LogP contribution < -0.4 is 4.90 Å². The summed E-state index contributed by atoms with van der Waals surface area (Å²) in [6.07, 6.45) is 6.44. The van der Waals surface area contributed by atoms with Gasteiger partial charge in [0, 0.05) is 30.2 Å². The minimum Gasteiger partial charge on any atom is -0.311 e. The summed E-state index contributed by atoms with van der Waals surface area (Å²) in [6.45, 7) is 2.08. The molecule has 4 heterocycles. The van der Waals surface area contributed by atoms with Crippen LogP contribution in [0.15, 0.2) is 48.8 Å². The number of nitrogens with zero attached hydrogens (tertiary/aromatic N) is 5. The zero-order valence-corrected chi connectivity index (χ0v) is 15.6. The van der Waals surface area contributed by atoms with Crippen LogP contribution in [0.4, 0.5) is 5.69 Å². The number of carbonyl (C=O) groups is 1. The van der Waals surface area contributed by atoms with Crippen molar-refractivity contribution in [1.82, 2.24) is 25.1 Å². The number of rotatable bonds is 4. The van der Waals surface area contributed by atoms with Crippen molar-refractivity contribution in [3.63, 3.8) is 0 Å². The first-order valence-corrected chi connectivity index (χ1v) is 9.74. The van der Waals surface area contributed by atoms with Gasteiger partial charge in [0.25, 0.3) is 0 Å². The number of amides is 1. The molecule has 2 aliphatic heterocycles. The number of anilines is 1. The molecule has 7 heteroatoms. The first kappa shape index (κ1) is 17.1. The molecule has 0 radical (unpaired) electrons. The number of para-hydroxylation sites is 1. The third-order valence-corrected chi connectivity index (χ3v) is 5.65. The molecule has 3 aromatic rings. The van der Waals surface area contributed by atoms with Gasteiger partial charge in [0.15, 0.2) is 5.82 Å². The van der Waals surface area contributed by atoms with E-state index in [-0.39, 0.29) is 11.9 Å². The number of aromatic amines is 1. The third-order valence-electron chi connectivity index (χ3n) is 5.65. The highest BCUT2D eigenvalue weighted by atomic mass is 16.2. The summed E-state index contributed by atoms with van der Waals surface area (Å²) < 4.78 is 0. The Kier molecular flexibility index (Phi) is 4.37. The predicted octanol–water partition coefficient (Wildman–Crippen LogP) is 2.59. The molecule has 1 fully saturated rings. The molecule has 142 valence electrons. The standard InChI is InChI=1S/C21H22N6O/c28-19(27-13-9-15-4-1-2-5-17(15)27)14-26-12-3-6-18(26)21-23-20(24-25-21)16-7-10-22-11-8-16/h1-2,4-5,7-8,10-11,18H,3,6,9,12-14H2,(H,23,24,25)/t18-/m1/s1. The van der Waals surface area contributed by atoms with Crippen molar-refractivity contribution in [1.29, 1.82) is 0 Å². The number of benzene rings is 1. The Balaban J connectivity index is 1.31. The molecule has 0 unspecified atom stereocenters. The maximum atomic E-state index is 13.0. The maximum absolute atomic E-state index is 13.0. The number of fused-ring (bicyclic) bond motifs is 1. The second kappa shape index (κ2) is 7.16. The zero-order chi connectivity index (χ0) is 18.9. The second-order valence-electron chi connectivity index (χ2n) is 7.33. The van der Waals surface area contributed by atoms with Gasteiger partial charge in [-0.2, -0.15) is 5.10 Å². The fraction of sp³-hybridized carbons (Fsp3) is 0.333. The number of hydrogen-bond donors (Lipinski definition) is 1. The molecule has 0 spiro atoms. The number of pyridine rings is 1. The van der Waals surface area contributed by atoms with E-state index in [9.17, 15) is 4.79 Å². The number of H-pyrrole nitrogens is 1. The molecule has 2 aliphatic rings. The Bertz CT molecular complexity index is 985. The van der Waals surface area contributed by atoms with Gasteiger partial charge in [-0.25, -0.2) is 4.98 Å². The topological polar surface area (TPSA) is 78.0 Å². The zero-order valence-electron chi connectivity index (χ0n) is 15.6. The van der Waals surface area contributed by atoms with E-state index in [1.165, 1.54) is 5.56 Å². The average molecular weight is 374 g/mol. The fourth-order valence-corrected chi connectivity index (χ4v) is 4.23. The lowest BCUT2D eigenvalue weighted by Gasteiger charge is -2.25. The van der Waals surface area contributed by atoms with E-state index in [4.69, 9.17) is 4.98 Å². The molecule has 1 saturated heterocycles. The maximum Gasteiger partial charge on any atom is 0.241 e. The highest BCUT2D eigenvalue weighted by molar-refractivity contribution is 5.96. The van der Waals surface area contributed by atoms with E-state index in [2.05, 4.69) is 26.1 Å². The van der Waals surface area contributed by atoms with Gasteiger partial charge in [-0.05, 0) is 49.6 Å². The Morgan fingerprint density at radius 3 is 2.89 bits per heavy atom. The number of likely N-dealkylation sites (tertiary alicyclic amines) is 1. The number of carbonyl (C=O) groups excluding carboxylic acids is 1.